The number of rotatable bonds is 9. The minimum atomic E-state index is -0.420. The first-order valence-corrected chi connectivity index (χ1v) is 10.6. The summed E-state index contributed by atoms with van der Waals surface area (Å²) < 4.78 is 1.91. The molecule has 31 heavy (non-hydrogen) atoms. The van der Waals surface area contributed by atoms with Gasteiger partial charge < -0.3 is 9.88 Å². The summed E-state index contributed by atoms with van der Waals surface area (Å²) in [6.45, 7) is 8.10. The summed E-state index contributed by atoms with van der Waals surface area (Å²) in [7, 11) is 0. The van der Waals surface area contributed by atoms with E-state index in [1.54, 1.807) is 24.3 Å². The molecule has 0 fully saturated rings. The van der Waals surface area contributed by atoms with E-state index < -0.39 is 4.92 Å². The number of hydrogen-bond donors (Lipinski definition) is 1. The van der Waals surface area contributed by atoms with E-state index in [2.05, 4.69) is 22.1 Å². The lowest BCUT2D eigenvalue weighted by Gasteiger charge is -2.15. The van der Waals surface area contributed by atoms with E-state index in [1.807, 2.05) is 36.6 Å². The Morgan fingerprint density at radius 2 is 2.03 bits per heavy atom. The highest BCUT2D eigenvalue weighted by atomic mass is 32.2. The van der Waals surface area contributed by atoms with Crippen molar-refractivity contribution in [1.82, 2.24) is 20.1 Å². The molecular formula is C22H23N5O3S. The van der Waals surface area contributed by atoms with Crippen LogP contribution in [0.3, 0.4) is 0 Å². The highest BCUT2D eigenvalue weighted by Crippen LogP contribution is 2.25. The van der Waals surface area contributed by atoms with Crippen LogP contribution in [0.15, 0.2) is 66.3 Å². The number of nitro benzene ring substituents is 1. The highest BCUT2D eigenvalue weighted by Gasteiger charge is 2.20. The molecule has 1 amide bonds. The SMILES string of the molecule is C=CCn1c(SCc2ccc([N+](=O)[O-])cc2)nnc1[C@H](C)NC(=O)c1cccc(C)c1. The fraction of sp³-hybridized carbons (Fsp3) is 0.227. The van der Waals surface area contributed by atoms with E-state index in [-0.39, 0.29) is 17.6 Å². The van der Waals surface area contributed by atoms with E-state index in [0.29, 0.717) is 28.8 Å². The van der Waals surface area contributed by atoms with E-state index in [1.165, 1.54) is 23.9 Å². The van der Waals surface area contributed by atoms with Crippen LogP contribution < -0.4 is 5.32 Å². The van der Waals surface area contributed by atoms with Crippen LogP contribution in [0, 0.1) is 17.0 Å². The third-order valence-electron chi connectivity index (χ3n) is 4.59. The van der Waals surface area contributed by atoms with Crippen molar-refractivity contribution in [3.05, 3.63) is 93.8 Å². The maximum absolute atomic E-state index is 12.6. The fourth-order valence-corrected chi connectivity index (χ4v) is 3.93. The third-order valence-corrected chi connectivity index (χ3v) is 5.63. The van der Waals surface area contributed by atoms with Gasteiger partial charge >= 0.3 is 0 Å². The topological polar surface area (TPSA) is 103 Å². The predicted octanol–water partition coefficient (Wildman–Crippen LogP) is 4.46. The van der Waals surface area contributed by atoms with Crippen LogP contribution in [-0.4, -0.2) is 25.6 Å². The molecule has 0 radical (unpaired) electrons. The monoisotopic (exact) mass is 437 g/mol. The molecule has 0 saturated carbocycles. The van der Waals surface area contributed by atoms with E-state index in [0.717, 1.165) is 11.1 Å². The zero-order valence-corrected chi connectivity index (χ0v) is 18.1. The second-order valence-corrected chi connectivity index (χ2v) is 7.96. The number of carbonyl (C=O) groups is 1. The molecule has 0 aliphatic heterocycles. The molecule has 1 aromatic heterocycles. The van der Waals surface area contributed by atoms with Crippen molar-refractivity contribution >= 4 is 23.4 Å². The Morgan fingerprint density at radius 3 is 2.68 bits per heavy atom. The van der Waals surface area contributed by atoms with Gasteiger partial charge in [-0.2, -0.15) is 0 Å². The number of carbonyl (C=O) groups excluding carboxylic acids is 1. The minimum Gasteiger partial charge on any atom is -0.342 e. The smallest absolute Gasteiger partial charge is 0.269 e. The average Bonchev–Trinajstić information content (AvgIpc) is 3.15. The van der Waals surface area contributed by atoms with Crippen molar-refractivity contribution < 1.29 is 9.72 Å². The van der Waals surface area contributed by atoms with Gasteiger partial charge in [0.15, 0.2) is 11.0 Å². The summed E-state index contributed by atoms with van der Waals surface area (Å²) in [5, 5.41) is 23.0. The van der Waals surface area contributed by atoms with Crippen molar-refractivity contribution in [2.24, 2.45) is 0 Å². The number of thioether (sulfide) groups is 1. The Balaban J connectivity index is 1.72. The summed E-state index contributed by atoms with van der Waals surface area (Å²) in [5.41, 5.74) is 2.60. The summed E-state index contributed by atoms with van der Waals surface area (Å²) >= 11 is 1.47. The Hall–Kier alpha value is -3.46. The Bertz CT molecular complexity index is 1090. The predicted molar refractivity (Wildman–Crippen MR) is 120 cm³/mol. The summed E-state index contributed by atoms with van der Waals surface area (Å²) in [6.07, 6.45) is 1.75. The van der Waals surface area contributed by atoms with E-state index in [9.17, 15) is 14.9 Å². The number of allylic oxidation sites excluding steroid dienone is 1. The molecule has 160 valence electrons. The second-order valence-electron chi connectivity index (χ2n) is 7.02. The normalized spacial score (nSPS) is 11.7. The van der Waals surface area contributed by atoms with Crippen molar-refractivity contribution in [3.8, 4) is 0 Å². The van der Waals surface area contributed by atoms with Gasteiger partial charge in [-0.1, -0.05) is 47.7 Å². The minimum absolute atomic E-state index is 0.0593. The Kier molecular flexibility index (Phi) is 7.19. The van der Waals surface area contributed by atoms with Gasteiger partial charge in [-0.15, -0.1) is 16.8 Å². The van der Waals surface area contributed by atoms with Gasteiger partial charge in [0.25, 0.3) is 11.6 Å². The molecule has 1 atom stereocenters. The molecule has 3 aromatic rings. The van der Waals surface area contributed by atoms with Gasteiger partial charge in [-0.25, -0.2) is 0 Å². The number of amides is 1. The highest BCUT2D eigenvalue weighted by molar-refractivity contribution is 7.98. The van der Waals surface area contributed by atoms with Crippen LogP contribution in [0.4, 0.5) is 5.69 Å². The van der Waals surface area contributed by atoms with E-state index in [4.69, 9.17) is 0 Å². The summed E-state index contributed by atoms with van der Waals surface area (Å²) in [5.74, 6) is 1.04. The number of nitrogens with zero attached hydrogens (tertiary/aromatic N) is 4. The molecule has 1 N–H and O–H groups in total. The third kappa shape index (κ3) is 5.58. The maximum atomic E-state index is 12.6. The molecule has 0 aliphatic carbocycles. The first-order chi connectivity index (χ1) is 14.9. The zero-order chi connectivity index (χ0) is 22.4. The molecule has 9 heteroatoms. The number of nitrogens with one attached hydrogen (secondary N) is 1. The van der Waals surface area contributed by atoms with Crippen molar-refractivity contribution in [2.45, 2.75) is 37.3 Å². The molecule has 0 spiro atoms. The number of aryl methyl sites for hydroxylation is 1. The first kappa shape index (κ1) is 22.2. The molecular weight excluding hydrogens is 414 g/mol. The Labute approximate surface area is 184 Å². The number of nitro groups is 1. The van der Waals surface area contributed by atoms with Crippen molar-refractivity contribution in [1.29, 1.82) is 0 Å². The fourth-order valence-electron chi connectivity index (χ4n) is 3.02. The molecule has 8 nitrogen and oxygen atoms in total. The number of aromatic nitrogens is 3. The second kappa shape index (κ2) is 10.0. The van der Waals surface area contributed by atoms with Crippen LogP contribution in [0.2, 0.25) is 0 Å². The average molecular weight is 438 g/mol. The molecule has 1 heterocycles. The Morgan fingerprint density at radius 1 is 1.29 bits per heavy atom. The first-order valence-electron chi connectivity index (χ1n) is 9.66. The molecule has 0 aliphatic rings. The molecule has 0 unspecified atom stereocenters. The van der Waals surface area contributed by atoms with Gasteiger partial charge in [0.1, 0.15) is 0 Å². The molecule has 0 saturated heterocycles. The van der Waals surface area contributed by atoms with Crippen molar-refractivity contribution in [2.75, 3.05) is 0 Å². The van der Waals surface area contributed by atoms with Gasteiger partial charge in [0.2, 0.25) is 0 Å². The maximum Gasteiger partial charge on any atom is 0.269 e. The number of benzene rings is 2. The van der Waals surface area contributed by atoms with Gasteiger partial charge in [-0.3, -0.25) is 14.9 Å². The van der Waals surface area contributed by atoms with Crippen LogP contribution in [0.1, 0.15) is 40.3 Å². The van der Waals surface area contributed by atoms with Gasteiger partial charge in [0.05, 0.1) is 11.0 Å². The van der Waals surface area contributed by atoms with Crippen LogP contribution in [0.5, 0.6) is 0 Å². The zero-order valence-electron chi connectivity index (χ0n) is 17.3. The number of non-ortho nitro benzene ring substituents is 1. The standard InChI is InChI=1S/C22H23N5O3S/c1-4-12-26-20(16(3)23-21(28)18-7-5-6-15(2)13-18)24-25-22(26)31-14-17-8-10-19(11-9-17)27(29)30/h4-11,13,16H,1,12,14H2,2-3H3,(H,23,28)/t16-/m0/s1. The molecule has 2 aromatic carbocycles. The van der Waals surface area contributed by atoms with E-state index >= 15 is 0 Å². The quantitative estimate of drug-likeness (QED) is 0.229. The van der Waals surface area contributed by atoms with Gasteiger partial charge in [-0.05, 0) is 31.5 Å². The van der Waals surface area contributed by atoms with Gasteiger partial charge in [0, 0.05) is 30.0 Å². The van der Waals surface area contributed by atoms with Crippen LogP contribution >= 0.6 is 11.8 Å². The lowest BCUT2D eigenvalue weighted by molar-refractivity contribution is -0.384. The van der Waals surface area contributed by atoms with Crippen molar-refractivity contribution in [3.63, 3.8) is 0 Å². The molecule has 3 rings (SSSR count). The molecule has 0 bridgehead atoms. The summed E-state index contributed by atoms with van der Waals surface area (Å²) in [4.78, 5) is 23.0. The summed E-state index contributed by atoms with van der Waals surface area (Å²) in [6, 6.07) is 13.5. The largest absolute Gasteiger partial charge is 0.342 e. The van der Waals surface area contributed by atoms with Crippen LogP contribution in [0.25, 0.3) is 0 Å². The lowest BCUT2D eigenvalue weighted by Crippen LogP contribution is -2.28. The lowest BCUT2D eigenvalue weighted by atomic mass is 10.1. The number of hydrogen-bond acceptors (Lipinski definition) is 6. The van der Waals surface area contributed by atoms with Crippen LogP contribution in [-0.2, 0) is 12.3 Å².